The maximum Gasteiger partial charge on any atom is 0.270 e. The van der Waals surface area contributed by atoms with Gasteiger partial charge in [0.1, 0.15) is 11.6 Å². The molecular formula is C17H11BrFNO2S2. The summed E-state index contributed by atoms with van der Waals surface area (Å²) in [6, 6.07) is 11.6. The topological polar surface area (TPSA) is 29.5 Å². The molecule has 0 atom stereocenters. The van der Waals surface area contributed by atoms with Crippen LogP contribution in [0.25, 0.3) is 6.08 Å². The highest BCUT2D eigenvalue weighted by Crippen LogP contribution is 2.37. The first-order valence-electron chi connectivity index (χ1n) is 6.86. The molecule has 1 aliphatic rings. The van der Waals surface area contributed by atoms with Gasteiger partial charge in [0.05, 0.1) is 17.7 Å². The standard InChI is InChI=1S/C17H11BrFNO2S2/c1-22-13-4-2-3-12(9-13)20-16(21)15(24-17(20)23)8-10-7-11(18)5-6-14(10)19/h2-9H,1H3/b15-8+. The van der Waals surface area contributed by atoms with Gasteiger partial charge >= 0.3 is 0 Å². The lowest BCUT2D eigenvalue weighted by molar-refractivity contribution is -0.113. The Morgan fingerprint density at radius 1 is 1.29 bits per heavy atom. The van der Waals surface area contributed by atoms with E-state index in [1.807, 2.05) is 0 Å². The summed E-state index contributed by atoms with van der Waals surface area (Å²) in [5.41, 5.74) is 0.950. The molecule has 0 unspecified atom stereocenters. The van der Waals surface area contributed by atoms with Gasteiger partial charge < -0.3 is 4.74 Å². The molecule has 0 bridgehead atoms. The number of thioether (sulfide) groups is 1. The molecule has 24 heavy (non-hydrogen) atoms. The first-order chi connectivity index (χ1) is 11.5. The summed E-state index contributed by atoms with van der Waals surface area (Å²) in [5, 5.41) is 0. The molecule has 1 amide bonds. The summed E-state index contributed by atoms with van der Waals surface area (Å²) in [6.45, 7) is 0. The average molecular weight is 424 g/mol. The summed E-state index contributed by atoms with van der Waals surface area (Å²) < 4.78 is 20.2. The lowest BCUT2D eigenvalue weighted by atomic mass is 10.2. The van der Waals surface area contributed by atoms with Gasteiger partial charge in [0.15, 0.2) is 4.32 Å². The van der Waals surface area contributed by atoms with Crippen molar-refractivity contribution >= 4 is 61.9 Å². The van der Waals surface area contributed by atoms with Gasteiger partial charge in [-0.25, -0.2) is 4.39 Å². The normalized spacial score (nSPS) is 16.1. The molecule has 1 saturated heterocycles. The first-order valence-corrected chi connectivity index (χ1v) is 8.88. The predicted molar refractivity (Wildman–Crippen MR) is 103 cm³/mol. The number of thiocarbonyl (C=S) groups is 1. The Morgan fingerprint density at radius 3 is 2.83 bits per heavy atom. The summed E-state index contributed by atoms with van der Waals surface area (Å²) in [5.74, 6) is -0.0500. The third kappa shape index (κ3) is 3.38. The molecule has 2 aromatic rings. The number of ether oxygens (including phenoxy) is 1. The fourth-order valence-corrected chi connectivity index (χ4v) is 3.88. The molecule has 0 aromatic heterocycles. The minimum absolute atomic E-state index is 0.280. The predicted octanol–water partition coefficient (Wildman–Crippen LogP) is 5.00. The second kappa shape index (κ2) is 7.04. The molecule has 0 saturated carbocycles. The van der Waals surface area contributed by atoms with Crippen LogP contribution in [0.4, 0.5) is 10.1 Å². The number of carbonyl (C=O) groups is 1. The van der Waals surface area contributed by atoms with Gasteiger partial charge in [-0.05, 0) is 36.4 Å². The van der Waals surface area contributed by atoms with Gasteiger partial charge in [0.2, 0.25) is 0 Å². The Morgan fingerprint density at radius 2 is 2.08 bits per heavy atom. The number of carbonyl (C=O) groups excluding carboxylic acids is 1. The fourth-order valence-electron chi connectivity index (χ4n) is 2.21. The number of benzene rings is 2. The molecule has 1 heterocycles. The zero-order valence-electron chi connectivity index (χ0n) is 12.5. The number of rotatable bonds is 3. The fraction of sp³-hybridized carbons (Fsp3) is 0.0588. The van der Waals surface area contributed by atoms with Crippen molar-refractivity contribution in [2.24, 2.45) is 0 Å². The van der Waals surface area contributed by atoms with Gasteiger partial charge in [-0.1, -0.05) is 46.0 Å². The van der Waals surface area contributed by atoms with Crippen molar-refractivity contribution in [2.75, 3.05) is 12.0 Å². The molecule has 0 spiro atoms. The van der Waals surface area contributed by atoms with E-state index in [9.17, 15) is 9.18 Å². The lowest BCUT2D eigenvalue weighted by Gasteiger charge is -2.15. The van der Waals surface area contributed by atoms with Crippen LogP contribution in [0.2, 0.25) is 0 Å². The first kappa shape index (κ1) is 17.1. The van der Waals surface area contributed by atoms with Crippen LogP contribution < -0.4 is 9.64 Å². The van der Waals surface area contributed by atoms with E-state index in [-0.39, 0.29) is 5.91 Å². The molecular weight excluding hydrogens is 413 g/mol. The summed E-state index contributed by atoms with van der Waals surface area (Å²) >= 11 is 9.76. The van der Waals surface area contributed by atoms with E-state index in [0.29, 0.717) is 26.2 Å². The van der Waals surface area contributed by atoms with Gasteiger partial charge in [0, 0.05) is 16.1 Å². The third-order valence-corrected chi connectivity index (χ3v) is 5.15. The number of amides is 1. The van der Waals surface area contributed by atoms with Crippen molar-refractivity contribution in [3.8, 4) is 5.75 Å². The Labute approximate surface area is 156 Å². The van der Waals surface area contributed by atoms with Crippen molar-refractivity contribution < 1.29 is 13.9 Å². The maximum atomic E-state index is 13.9. The van der Waals surface area contributed by atoms with Crippen LogP contribution in [-0.4, -0.2) is 17.3 Å². The molecule has 2 aromatic carbocycles. The van der Waals surface area contributed by atoms with E-state index in [1.54, 1.807) is 43.5 Å². The van der Waals surface area contributed by atoms with E-state index >= 15 is 0 Å². The van der Waals surface area contributed by atoms with E-state index < -0.39 is 5.82 Å². The largest absolute Gasteiger partial charge is 0.497 e. The summed E-state index contributed by atoms with van der Waals surface area (Å²) in [4.78, 5) is 14.5. The van der Waals surface area contributed by atoms with Crippen LogP contribution in [0.15, 0.2) is 51.8 Å². The molecule has 0 radical (unpaired) electrons. The smallest absolute Gasteiger partial charge is 0.270 e. The SMILES string of the molecule is COc1cccc(N2C(=O)/C(=C\c3cc(Br)ccc3F)SC2=S)c1. The number of methoxy groups -OCH3 is 1. The van der Waals surface area contributed by atoms with Gasteiger partial charge in [-0.15, -0.1) is 0 Å². The van der Waals surface area contributed by atoms with Crippen molar-refractivity contribution in [2.45, 2.75) is 0 Å². The Balaban J connectivity index is 1.97. The summed E-state index contributed by atoms with van der Waals surface area (Å²) in [6.07, 6.45) is 1.51. The highest BCUT2D eigenvalue weighted by molar-refractivity contribution is 9.10. The van der Waals surface area contributed by atoms with Crippen molar-refractivity contribution in [1.29, 1.82) is 0 Å². The molecule has 1 fully saturated rings. The van der Waals surface area contributed by atoms with E-state index in [0.717, 1.165) is 16.2 Å². The van der Waals surface area contributed by atoms with Gasteiger partial charge in [-0.2, -0.15) is 0 Å². The van der Waals surface area contributed by atoms with Crippen LogP contribution in [0.5, 0.6) is 5.75 Å². The summed E-state index contributed by atoms with van der Waals surface area (Å²) in [7, 11) is 1.55. The van der Waals surface area contributed by atoms with E-state index in [2.05, 4.69) is 15.9 Å². The third-order valence-electron chi connectivity index (χ3n) is 3.35. The molecule has 122 valence electrons. The van der Waals surface area contributed by atoms with E-state index in [4.69, 9.17) is 17.0 Å². The monoisotopic (exact) mass is 423 g/mol. The van der Waals surface area contributed by atoms with Crippen LogP contribution in [0, 0.1) is 5.82 Å². The highest BCUT2D eigenvalue weighted by Gasteiger charge is 2.33. The number of hydrogen-bond donors (Lipinski definition) is 0. The molecule has 3 rings (SSSR count). The highest BCUT2D eigenvalue weighted by atomic mass is 79.9. The Hall–Kier alpha value is -1.70. The van der Waals surface area contributed by atoms with Crippen LogP contribution in [-0.2, 0) is 4.79 Å². The molecule has 0 aliphatic carbocycles. The minimum atomic E-state index is -0.398. The second-order valence-electron chi connectivity index (χ2n) is 4.88. The average Bonchev–Trinajstić information content (AvgIpc) is 2.85. The van der Waals surface area contributed by atoms with Gasteiger partial charge in [-0.3, -0.25) is 9.69 Å². The number of hydrogen-bond acceptors (Lipinski definition) is 4. The minimum Gasteiger partial charge on any atom is -0.497 e. The van der Waals surface area contributed by atoms with Crippen LogP contribution in [0.1, 0.15) is 5.56 Å². The zero-order valence-corrected chi connectivity index (χ0v) is 15.7. The number of anilines is 1. The molecule has 1 aliphatic heterocycles. The molecule has 0 N–H and O–H groups in total. The van der Waals surface area contributed by atoms with Crippen molar-refractivity contribution in [3.05, 3.63) is 63.2 Å². The lowest BCUT2D eigenvalue weighted by Crippen LogP contribution is -2.27. The molecule has 3 nitrogen and oxygen atoms in total. The zero-order chi connectivity index (χ0) is 17.3. The Kier molecular flexibility index (Phi) is 5.03. The van der Waals surface area contributed by atoms with Gasteiger partial charge in [0.25, 0.3) is 5.91 Å². The van der Waals surface area contributed by atoms with Crippen molar-refractivity contribution in [1.82, 2.24) is 0 Å². The number of halogens is 2. The second-order valence-corrected chi connectivity index (χ2v) is 7.48. The quantitative estimate of drug-likeness (QED) is 0.512. The molecule has 7 heteroatoms. The van der Waals surface area contributed by atoms with Crippen molar-refractivity contribution in [3.63, 3.8) is 0 Å². The maximum absolute atomic E-state index is 13.9. The van der Waals surface area contributed by atoms with Crippen LogP contribution in [0.3, 0.4) is 0 Å². The number of nitrogens with zero attached hydrogens (tertiary/aromatic N) is 1. The van der Waals surface area contributed by atoms with Crippen LogP contribution >= 0.6 is 39.9 Å². The Bertz CT molecular complexity index is 869. The van der Waals surface area contributed by atoms with E-state index in [1.165, 1.54) is 17.0 Å².